The molecule has 5 rings (SSSR count). The Morgan fingerprint density at radius 1 is 1.31 bits per heavy atom. The van der Waals surface area contributed by atoms with Gasteiger partial charge < -0.3 is 25.4 Å². The van der Waals surface area contributed by atoms with Gasteiger partial charge in [0, 0.05) is 41.6 Å². The molecule has 36 heavy (non-hydrogen) atoms. The van der Waals surface area contributed by atoms with E-state index >= 15 is 0 Å². The molecule has 1 unspecified atom stereocenters. The number of imidazole rings is 1. The molecule has 11 nitrogen and oxygen atoms in total. The fourth-order valence-corrected chi connectivity index (χ4v) is 4.57. The van der Waals surface area contributed by atoms with E-state index in [0.717, 1.165) is 31.6 Å². The van der Waals surface area contributed by atoms with Gasteiger partial charge in [-0.1, -0.05) is 17.7 Å². The van der Waals surface area contributed by atoms with E-state index in [-0.39, 0.29) is 23.7 Å². The summed E-state index contributed by atoms with van der Waals surface area (Å²) in [6.45, 7) is 4.18. The van der Waals surface area contributed by atoms with Crippen LogP contribution in [0.4, 0.5) is 11.5 Å². The number of hydrogen-bond acceptors (Lipinski definition) is 8. The number of piperidine rings is 1. The van der Waals surface area contributed by atoms with Gasteiger partial charge in [-0.3, -0.25) is 9.98 Å². The highest BCUT2D eigenvalue weighted by Crippen LogP contribution is 2.19. The van der Waals surface area contributed by atoms with Crippen LogP contribution in [0.25, 0.3) is 11.7 Å². The predicted octanol–water partition coefficient (Wildman–Crippen LogP) is 1.14. The minimum Gasteiger partial charge on any atom is -0.493 e. The first kappa shape index (κ1) is 24.0. The molecule has 0 amide bonds. The summed E-state index contributed by atoms with van der Waals surface area (Å²) >= 11 is 6.15. The van der Waals surface area contributed by atoms with Crippen molar-refractivity contribution in [3.05, 3.63) is 68.4 Å². The second-order valence-corrected chi connectivity index (χ2v) is 9.40. The smallest absolute Gasteiger partial charge is 0.326 e. The molecule has 1 atom stereocenters. The Balaban J connectivity index is 1.56. The van der Waals surface area contributed by atoms with Crippen molar-refractivity contribution in [1.29, 1.82) is 0 Å². The van der Waals surface area contributed by atoms with Crippen LogP contribution in [-0.4, -0.2) is 71.5 Å². The maximum Gasteiger partial charge on any atom is 0.326 e. The zero-order valence-electron chi connectivity index (χ0n) is 19.6. The SMILES string of the molecule is CC(O)CN1CCC(N=c2cc(Nc3cccc(Cl)c3)nc3c(=Cc4[nH]c(=O)[nH]c4O)cnn23)CC1. The van der Waals surface area contributed by atoms with Crippen LogP contribution in [0.5, 0.6) is 5.88 Å². The third-order valence-corrected chi connectivity index (χ3v) is 6.24. The summed E-state index contributed by atoms with van der Waals surface area (Å²) in [5.41, 5.74) is 1.63. The zero-order valence-corrected chi connectivity index (χ0v) is 20.4. The van der Waals surface area contributed by atoms with E-state index in [1.54, 1.807) is 35.8 Å². The van der Waals surface area contributed by atoms with Crippen molar-refractivity contribution in [2.75, 3.05) is 25.0 Å². The first-order valence-corrected chi connectivity index (χ1v) is 12.1. The zero-order chi connectivity index (χ0) is 25.2. The highest BCUT2D eigenvalue weighted by molar-refractivity contribution is 6.30. The predicted molar refractivity (Wildman–Crippen MR) is 136 cm³/mol. The molecule has 0 aliphatic carbocycles. The van der Waals surface area contributed by atoms with Gasteiger partial charge >= 0.3 is 5.69 Å². The van der Waals surface area contributed by atoms with E-state index in [2.05, 4.69) is 25.3 Å². The Morgan fingerprint density at radius 3 is 2.81 bits per heavy atom. The molecule has 188 valence electrons. The van der Waals surface area contributed by atoms with E-state index in [0.29, 0.717) is 33.7 Å². The van der Waals surface area contributed by atoms with Gasteiger partial charge in [0.15, 0.2) is 11.1 Å². The van der Waals surface area contributed by atoms with Gasteiger partial charge in [-0.05, 0) is 44.0 Å². The lowest BCUT2D eigenvalue weighted by molar-refractivity contribution is 0.109. The summed E-state index contributed by atoms with van der Waals surface area (Å²) < 4.78 is 1.65. The highest BCUT2D eigenvalue weighted by Gasteiger charge is 2.20. The third-order valence-electron chi connectivity index (χ3n) is 6.01. The normalized spacial score (nSPS) is 17.2. The Bertz CT molecular complexity index is 1550. The fourth-order valence-electron chi connectivity index (χ4n) is 4.38. The van der Waals surface area contributed by atoms with Crippen molar-refractivity contribution in [1.82, 2.24) is 29.5 Å². The van der Waals surface area contributed by atoms with Gasteiger partial charge in [-0.15, -0.1) is 0 Å². The van der Waals surface area contributed by atoms with E-state index < -0.39 is 5.69 Å². The summed E-state index contributed by atoms with van der Waals surface area (Å²) in [5, 5.41) is 28.6. The van der Waals surface area contributed by atoms with E-state index in [9.17, 15) is 15.0 Å². The van der Waals surface area contributed by atoms with Gasteiger partial charge in [0.1, 0.15) is 11.5 Å². The molecule has 1 fully saturated rings. The van der Waals surface area contributed by atoms with Crippen molar-refractivity contribution < 1.29 is 10.2 Å². The minimum atomic E-state index is -0.510. The molecule has 0 saturated carbocycles. The average molecular weight is 511 g/mol. The number of nitrogens with zero attached hydrogens (tertiary/aromatic N) is 5. The van der Waals surface area contributed by atoms with Crippen molar-refractivity contribution in [3.8, 4) is 5.88 Å². The number of β-amino-alcohol motifs (C(OH)–C–C–N with tert-alkyl or cyclic N) is 1. The maximum absolute atomic E-state index is 11.6. The number of H-pyrrole nitrogens is 2. The van der Waals surface area contributed by atoms with Crippen molar-refractivity contribution in [3.63, 3.8) is 0 Å². The van der Waals surface area contributed by atoms with E-state index in [1.807, 2.05) is 18.2 Å². The molecule has 1 aliphatic rings. The monoisotopic (exact) mass is 510 g/mol. The first-order valence-electron chi connectivity index (χ1n) is 11.7. The Kier molecular flexibility index (Phi) is 6.77. The van der Waals surface area contributed by atoms with Crippen LogP contribution in [0.3, 0.4) is 0 Å². The van der Waals surface area contributed by atoms with E-state index in [1.165, 1.54) is 0 Å². The molecule has 0 radical (unpaired) electrons. The third kappa shape index (κ3) is 5.43. The summed E-state index contributed by atoms with van der Waals surface area (Å²) in [7, 11) is 0. The Labute approximate surface area is 210 Å². The van der Waals surface area contributed by atoms with Crippen LogP contribution in [0, 0.1) is 0 Å². The van der Waals surface area contributed by atoms with Gasteiger partial charge in [0.05, 0.1) is 18.3 Å². The molecule has 1 saturated heterocycles. The summed E-state index contributed by atoms with van der Waals surface area (Å²) in [5.74, 6) is 0.290. The molecule has 12 heteroatoms. The van der Waals surface area contributed by atoms with Crippen LogP contribution in [0.1, 0.15) is 25.5 Å². The molecular formula is C24H27ClN8O3. The molecule has 1 aromatic carbocycles. The number of aromatic hydroxyl groups is 1. The first-order chi connectivity index (χ1) is 17.3. The Hall–Kier alpha value is -3.67. The number of aromatic nitrogens is 5. The molecule has 4 aromatic rings. The van der Waals surface area contributed by atoms with Crippen LogP contribution in [-0.2, 0) is 0 Å². The Morgan fingerprint density at radius 2 is 2.11 bits per heavy atom. The largest absolute Gasteiger partial charge is 0.493 e. The van der Waals surface area contributed by atoms with Crippen LogP contribution in [0.15, 0.2) is 46.3 Å². The molecule has 0 spiro atoms. The number of anilines is 2. The van der Waals surface area contributed by atoms with Crippen LogP contribution < -0.4 is 21.7 Å². The second-order valence-electron chi connectivity index (χ2n) is 8.97. The minimum absolute atomic E-state index is 0.0987. The second kappa shape index (κ2) is 10.1. The molecule has 1 aliphatic heterocycles. The lowest BCUT2D eigenvalue weighted by atomic mass is 10.1. The van der Waals surface area contributed by atoms with Gasteiger partial charge in [-0.2, -0.15) is 9.61 Å². The number of fused-ring (bicyclic) bond motifs is 1. The van der Waals surface area contributed by atoms with Gasteiger partial charge in [-0.25, -0.2) is 9.78 Å². The number of likely N-dealkylation sites (tertiary alicyclic amines) is 1. The van der Waals surface area contributed by atoms with Gasteiger partial charge in [0.2, 0.25) is 5.88 Å². The molecule has 3 aromatic heterocycles. The molecule has 4 heterocycles. The number of aromatic amines is 2. The molecule has 5 N–H and O–H groups in total. The number of aliphatic hydroxyl groups excluding tert-OH is 1. The fraction of sp³-hybridized carbons (Fsp3) is 0.333. The standard InChI is InChI=1S/C24H27ClN8O3/c1-14(34)13-32-7-5-17(6-8-32)28-21-11-20(27-18-4-2-3-16(25)10-18)30-22-15(12-26-33(21)22)9-19-23(35)31-24(36)29-19/h2-4,9-12,14,17,27,34-35H,5-8,13H2,1H3,(H2,29,31,36). The molecular weight excluding hydrogens is 484 g/mol. The summed E-state index contributed by atoms with van der Waals surface area (Å²) in [4.78, 5) is 28.4. The number of aliphatic hydroxyl groups is 1. The lowest BCUT2D eigenvalue weighted by Crippen LogP contribution is -2.39. The van der Waals surface area contributed by atoms with Gasteiger partial charge in [0.25, 0.3) is 0 Å². The summed E-state index contributed by atoms with van der Waals surface area (Å²) in [6, 6.07) is 9.26. The quantitative estimate of drug-likeness (QED) is 0.261. The number of hydrogen-bond donors (Lipinski definition) is 5. The van der Waals surface area contributed by atoms with Crippen molar-refractivity contribution in [2.24, 2.45) is 4.99 Å². The topological polar surface area (TPSA) is 147 Å². The number of nitrogens with one attached hydrogen (secondary N) is 3. The number of rotatable bonds is 6. The van der Waals surface area contributed by atoms with Crippen molar-refractivity contribution >= 4 is 34.8 Å². The maximum atomic E-state index is 11.6. The number of halogens is 1. The lowest BCUT2D eigenvalue weighted by Gasteiger charge is -2.30. The van der Waals surface area contributed by atoms with Crippen LogP contribution in [0.2, 0.25) is 5.02 Å². The average Bonchev–Trinajstić information content (AvgIpc) is 3.37. The highest BCUT2D eigenvalue weighted by atomic mass is 35.5. The van der Waals surface area contributed by atoms with Crippen LogP contribution >= 0.6 is 11.6 Å². The summed E-state index contributed by atoms with van der Waals surface area (Å²) in [6.07, 6.45) is 4.59. The van der Waals surface area contributed by atoms with E-state index in [4.69, 9.17) is 21.6 Å². The number of benzene rings is 1. The molecule has 0 bridgehead atoms. The van der Waals surface area contributed by atoms with Crippen molar-refractivity contribution in [2.45, 2.75) is 31.9 Å².